The summed E-state index contributed by atoms with van der Waals surface area (Å²) in [6, 6.07) is 3.03. The lowest BCUT2D eigenvalue weighted by Crippen LogP contribution is -2.49. The highest BCUT2D eigenvalue weighted by Crippen LogP contribution is 2.35. The van der Waals surface area contributed by atoms with Crippen LogP contribution in [0.2, 0.25) is 0 Å². The van der Waals surface area contributed by atoms with Crippen LogP contribution in [-0.2, 0) is 13.0 Å². The molecule has 2 aliphatic rings. The van der Waals surface area contributed by atoms with E-state index in [4.69, 9.17) is 0 Å². The zero-order valence-electron chi connectivity index (χ0n) is 11.9. The van der Waals surface area contributed by atoms with Gasteiger partial charge in [-0.15, -0.1) is 0 Å². The molecule has 2 fully saturated rings. The van der Waals surface area contributed by atoms with E-state index in [1.807, 2.05) is 6.20 Å². The molecule has 0 unspecified atom stereocenters. The lowest BCUT2D eigenvalue weighted by molar-refractivity contribution is 0.164. The van der Waals surface area contributed by atoms with Gasteiger partial charge in [-0.1, -0.05) is 12.8 Å². The summed E-state index contributed by atoms with van der Waals surface area (Å²) in [6.07, 6.45) is 8.84. The van der Waals surface area contributed by atoms with E-state index in [-0.39, 0.29) is 0 Å². The molecule has 0 aromatic carbocycles. The predicted octanol–water partition coefficient (Wildman–Crippen LogP) is 2.81. The summed E-state index contributed by atoms with van der Waals surface area (Å²) < 4.78 is 2.14. The van der Waals surface area contributed by atoms with Crippen molar-refractivity contribution in [3.63, 3.8) is 0 Å². The lowest BCUT2D eigenvalue weighted by Gasteiger charge is -2.43. The smallest absolute Gasteiger partial charge is 0.0492 e. The summed E-state index contributed by atoms with van der Waals surface area (Å²) in [5.41, 5.74) is 1.40. The summed E-state index contributed by atoms with van der Waals surface area (Å²) >= 11 is 2.22. The predicted molar refractivity (Wildman–Crippen MR) is 81.7 cm³/mol. The summed E-state index contributed by atoms with van der Waals surface area (Å²) in [5, 5.41) is 5.29. The molecule has 1 aliphatic carbocycles. The monoisotopic (exact) mass is 279 g/mol. The van der Waals surface area contributed by atoms with Crippen LogP contribution in [0.5, 0.6) is 0 Å². The number of thioether (sulfide) groups is 1. The molecule has 2 atom stereocenters. The van der Waals surface area contributed by atoms with Crippen LogP contribution in [0, 0.1) is 0 Å². The second-order valence-electron chi connectivity index (χ2n) is 5.69. The normalized spacial score (nSPS) is 28.3. The van der Waals surface area contributed by atoms with Crippen molar-refractivity contribution in [3.8, 4) is 0 Å². The average Bonchev–Trinajstić information content (AvgIpc) is 2.92. The number of nitrogens with zero attached hydrogens (tertiary/aromatic N) is 3. The van der Waals surface area contributed by atoms with Gasteiger partial charge in [-0.05, 0) is 25.8 Å². The second kappa shape index (κ2) is 6.31. The van der Waals surface area contributed by atoms with Gasteiger partial charge in [-0.3, -0.25) is 9.58 Å². The van der Waals surface area contributed by atoms with E-state index in [1.54, 1.807) is 0 Å². The third-order valence-electron chi connectivity index (χ3n) is 4.61. The molecule has 19 heavy (non-hydrogen) atoms. The minimum Gasteiger partial charge on any atom is -0.298 e. The van der Waals surface area contributed by atoms with Gasteiger partial charge in [0.15, 0.2) is 0 Å². The molecule has 0 amide bonds. The van der Waals surface area contributed by atoms with Gasteiger partial charge >= 0.3 is 0 Å². The van der Waals surface area contributed by atoms with Gasteiger partial charge < -0.3 is 0 Å². The molecule has 1 aliphatic heterocycles. The molecule has 106 valence electrons. The van der Waals surface area contributed by atoms with Crippen LogP contribution in [-0.4, -0.2) is 44.8 Å². The van der Waals surface area contributed by atoms with Crippen molar-refractivity contribution in [1.82, 2.24) is 14.7 Å². The Hall–Kier alpha value is -0.480. The van der Waals surface area contributed by atoms with Gasteiger partial charge in [0.2, 0.25) is 0 Å². The Balaban J connectivity index is 1.59. The summed E-state index contributed by atoms with van der Waals surface area (Å²) in [7, 11) is 0. The van der Waals surface area contributed by atoms with Crippen molar-refractivity contribution in [2.75, 3.05) is 18.8 Å². The third-order valence-corrected chi connectivity index (χ3v) is 6.00. The maximum Gasteiger partial charge on any atom is 0.0492 e. The number of hydrogen-bond donors (Lipinski definition) is 0. The van der Waals surface area contributed by atoms with Gasteiger partial charge in [0.05, 0.1) is 0 Å². The molecule has 3 rings (SSSR count). The fourth-order valence-electron chi connectivity index (χ4n) is 3.57. The van der Waals surface area contributed by atoms with Crippen LogP contribution in [0.15, 0.2) is 12.3 Å². The quantitative estimate of drug-likeness (QED) is 0.845. The first kappa shape index (κ1) is 13.5. The third kappa shape index (κ3) is 3.00. The van der Waals surface area contributed by atoms with Crippen LogP contribution < -0.4 is 0 Å². The highest BCUT2D eigenvalue weighted by atomic mass is 32.2. The zero-order valence-corrected chi connectivity index (χ0v) is 12.7. The van der Waals surface area contributed by atoms with E-state index in [1.165, 1.54) is 50.2 Å². The van der Waals surface area contributed by atoms with Gasteiger partial charge in [0.1, 0.15) is 0 Å². The molecule has 1 aromatic rings. The van der Waals surface area contributed by atoms with Crippen molar-refractivity contribution >= 4 is 11.8 Å². The maximum absolute atomic E-state index is 4.37. The SMILES string of the molecule is CCn1nccc1CCN1CCS[C@@H]2CCCC[C@H]21. The van der Waals surface area contributed by atoms with Gasteiger partial charge in [0.25, 0.3) is 0 Å². The molecule has 1 saturated heterocycles. The first-order chi connectivity index (χ1) is 9.38. The zero-order chi connectivity index (χ0) is 13.1. The molecule has 2 heterocycles. The minimum absolute atomic E-state index is 0.852. The van der Waals surface area contributed by atoms with E-state index < -0.39 is 0 Å². The van der Waals surface area contributed by atoms with Crippen LogP contribution in [0.4, 0.5) is 0 Å². The van der Waals surface area contributed by atoms with Gasteiger partial charge in [-0.2, -0.15) is 16.9 Å². The van der Waals surface area contributed by atoms with Crippen molar-refractivity contribution in [2.24, 2.45) is 0 Å². The molecular weight excluding hydrogens is 254 g/mol. The van der Waals surface area contributed by atoms with Gasteiger partial charge in [0, 0.05) is 55.0 Å². The second-order valence-corrected chi connectivity index (χ2v) is 7.03. The lowest BCUT2D eigenvalue weighted by atomic mass is 9.93. The van der Waals surface area contributed by atoms with Crippen LogP contribution in [0.1, 0.15) is 38.3 Å². The fourth-order valence-corrected chi connectivity index (χ4v) is 5.08. The Morgan fingerprint density at radius 2 is 2.26 bits per heavy atom. The molecule has 0 spiro atoms. The van der Waals surface area contributed by atoms with Crippen molar-refractivity contribution in [2.45, 2.75) is 56.9 Å². The minimum atomic E-state index is 0.852. The molecule has 0 N–H and O–H groups in total. The molecule has 0 radical (unpaired) electrons. The van der Waals surface area contributed by atoms with E-state index in [0.29, 0.717) is 0 Å². The van der Waals surface area contributed by atoms with Crippen molar-refractivity contribution < 1.29 is 0 Å². The Bertz CT molecular complexity index is 402. The molecule has 1 aromatic heterocycles. The van der Waals surface area contributed by atoms with Crippen LogP contribution >= 0.6 is 11.8 Å². The van der Waals surface area contributed by atoms with E-state index >= 15 is 0 Å². The number of aromatic nitrogens is 2. The number of aryl methyl sites for hydroxylation is 1. The Labute approximate surface area is 120 Å². The molecule has 1 saturated carbocycles. The van der Waals surface area contributed by atoms with E-state index in [2.05, 4.69) is 39.4 Å². The van der Waals surface area contributed by atoms with Crippen LogP contribution in [0.25, 0.3) is 0 Å². The molecule has 0 bridgehead atoms. The van der Waals surface area contributed by atoms with E-state index in [0.717, 1.165) is 24.3 Å². The maximum atomic E-state index is 4.37. The first-order valence-electron chi connectivity index (χ1n) is 7.75. The molecule has 4 heteroatoms. The molecule has 3 nitrogen and oxygen atoms in total. The number of hydrogen-bond acceptors (Lipinski definition) is 3. The summed E-state index contributed by atoms with van der Waals surface area (Å²) in [6.45, 7) is 5.66. The van der Waals surface area contributed by atoms with Gasteiger partial charge in [-0.25, -0.2) is 0 Å². The first-order valence-corrected chi connectivity index (χ1v) is 8.79. The van der Waals surface area contributed by atoms with E-state index in [9.17, 15) is 0 Å². The fraction of sp³-hybridized carbons (Fsp3) is 0.800. The Morgan fingerprint density at radius 1 is 1.37 bits per heavy atom. The largest absolute Gasteiger partial charge is 0.298 e. The Morgan fingerprint density at radius 3 is 3.16 bits per heavy atom. The Kier molecular flexibility index (Phi) is 4.49. The number of rotatable bonds is 4. The topological polar surface area (TPSA) is 21.1 Å². The van der Waals surface area contributed by atoms with Crippen molar-refractivity contribution in [1.29, 1.82) is 0 Å². The average molecular weight is 279 g/mol. The summed E-state index contributed by atoms with van der Waals surface area (Å²) in [5.74, 6) is 1.33. The van der Waals surface area contributed by atoms with Crippen LogP contribution in [0.3, 0.4) is 0 Å². The highest BCUT2D eigenvalue weighted by Gasteiger charge is 2.33. The highest BCUT2D eigenvalue weighted by molar-refractivity contribution is 8.00. The van der Waals surface area contributed by atoms with Crippen molar-refractivity contribution in [3.05, 3.63) is 18.0 Å². The standard InChI is InChI=1S/C15H25N3S/c1-2-18-13(7-9-16-18)8-10-17-11-12-19-15-6-4-3-5-14(15)17/h7,9,14-15H,2-6,8,10-12H2,1H3/t14-,15-/m1/s1. The summed E-state index contributed by atoms with van der Waals surface area (Å²) in [4.78, 5) is 2.76. The molecular formula is C15H25N3S. The number of fused-ring (bicyclic) bond motifs is 1.